The quantitative estimate of drug-likeness (QED) is 0.759. The zero-order valence-electron chi connectivity index (χ0n) is 14.6. The van der Waals surface area contributed by atoms with Gasteiger partial charge in [-0.25, -0.2) is 4.79 Å². The summed E-state index contributed by atoms with van der Waals surface area (Å²) in [6, 6.07) is 3.97. The van der Waals surface area contributed by atoms with E-state index in [2.05, 4.69) is 5.32 Å². The number of hydrogen-bond donors (Lipinski definition) is 1. The summed E-state index contributed by atoms with van der Waals surface area (Å²) in [5, 5.41) is 4.71. The van der Waals surface area contributed by atoms with Gasteiger partial charge in [0.1, 0.15) is 5.60 Å². The second kappa shape index (κ2) is 8.64. The van der Waals surface area contributed by atoms with Crippen LogP contribution in [0.5, 0.6) is 0 Å². The van der Waals surface area contributed by atoms with Crippen LogP contribution in [0.1, 0.15) is 39.5 Å². The number of carbonyl (C=O) groups excluding carboxylic acids is 1. The van der Waals surface area contributed by atoms with E-state index in [1.165, 1.54) is 0 Å². The number of amides is 1. The van der Waals surface area contributed by atoms with E-state index in [1.54, 1.807) is 32.1 Å². The maximum absolute atomic E-state index is 13.3. The molecule has 132 valence electrons. The maximum Gasteiger partial charge on any atom is 0.407 e. The number of rotatable bonds is 8. The molecule has 6 heteroatoms. The van der Waals surface area contributed by atoms with Crippen LogP contribution in [-0.4, -0.2) is 31.5 Å². The molecule has 1 aromatic heterocycles. The van der Waals surface area contributed by atoms with E-state index in [0.717, 1.165) is 4.88 Å². The third-order valence-corrected chi connectivity index (χ3v) is 4.33. The van der Waals surface area contributed by atoms with Crippen molar-refractivity contribution < 1.29 is 18.7 Å². The van der Waals surface area contributed by atoms with Crippen molar-refractivity contribution in [2.24, 2.45) is 11.3 Å². The van der Waals surface area contributed by atoms with Gasteiger partial charge in [0.2, 0.25) is 0 Å². The molecule has 1 unspecified atom stereocenters. The van der Waals surface area contributed by atoms with Crippen LogP contribution < -0.4 is 5.32 Å². The van der Waals surface area contributed by atoms with Crippen LogP contribution >= 0.6 is 11.3 Å². The molecule has 0 radical (unpaired) electrons. The number of alkyl halides is 1. The predicted molar refractivity (Wildman–Crippen MR) is 91.5 cm³/mol. The van der Waals surface area contributed by atoms with Gasteiger partial charge in [0.15, 0.2) is 0 Å². The Morgan fingerprint density at radius 1 is 1.35 bits per heavy atom. The molecule has 0 bridgehead atoms. The number of ether oxygens (including phenoxy) is 2. The second-order valence-corrected chi connectivity index (χ2v) is 8.33. The largest absolute Gasteiger partial charge is 0.444 e. The molecule has 0 saturated carbocycles. The van der Waals surface area contributed by atoms with Gasteiger partial charge in [-0.05, 0) is 37.6 Å². The molecule has 0 aliphatic rings. The lowest BCUT2D eigenvalue weighted by Gasteiger charge is -2.32. The highest BCUT2D eigenvalue weighted by atomic mass is 32.1. The molecule has 0 aliphatic carbocycles. The Hall–Kier alpha value is -1.14. The highest BCUT2D eigenvalue weighted by Gasteiger charge is 2.30. The van der Waals surface area contributed by atoms with Crippen molar-refractivity contribution in [2.75, 3.05) is 19.8 Å². The molecule has 0 aromatic carbocycles. The maximum atomic E-state index is 13.3. The van der Waals surface area contributed by atoms with Crippen molar-refractivity contribution in [3.05, 3.63) is 22.4 Å². The van der Waals surface area contributed by atoms with Crippen molar-refractivity contribution in [1.29, 1.82) is 0 Å². The molecular formula is C17H28FNO3S. The van der Waals surface area contributed by atoms with Crippen LogP contribution in [0, 0.1) is 11.3 Å². The third kappa shape index (κ3) is 7.79. The molecule has 23 heavy (non-hydrogen) atoms. The third-order valence-electron chi connectivity index (χ3n) is 3.48. The second-order valence-electron chi connectivity index (χ2n) is 7.30. The normalized spacial score (nSPS) is 13.7. The number of halogens is 1. The van der Waals surface area contributed by atoms with Gasteiger partial charge < -0.3 is 14.8 Å². The fourth-order valence-electron chi connectivity index (χ4n) is 1.89. The monoisotopic (exact) mass is 345 g/mol. The fraction of sp³-hybridized carbons (Fsp3) is 0.706. The number of carbonyl (C=O) groups is 1. The van der Waals surface area contributed by atoms with Crippen LogP contribution in [-0.2, 0) is 16.1 Å². The lowest BCUT2D eigenvalue weighted by molar-refractivity contribution is 0.0231. The Kier molecular flexibility index (Phi) is 7.48. The summed E-state index contributed by atoms with van der Waals surface area (Å²) in [5.74, 6) is -0.139. The summed E-state index contributed by atoms with van der Waals surface area (Å²) >= 11 is 1.62. The molecule has 0 aliphatic heterocycles. The van der Waals surface area contributed by atoms with Crippen LogP contribution in [0.15, 0.2) is 17.5 Å². The Bertz CT molecular complexity index is 469. The van der Waals surface area contributed by atoms with E-state index in [0.29, 0.717) is 19.8 Å². The Balaban J connectivity index is 2.50. The van der Waals surface area contributed by atoms with E-state index in [1.807, 2.05) is 31.4 Å². The number of hydrogen-bond acceptors (Lipinski definition) is 4. The van der Waals surface area contributed by atoms with Gasteiger partial charge in [0, 0.05) is 17.3 Å². The fourth-order valence-corrected chi connectivity index (χ4v) is 2.53. The summed E-state index contributed by atoms with van der Waals surface area (Å²) in [4.78, 5) is 12.9. The lowest BCUT2D eigenvalue weighted by Crippen LogP contribution is -2.42. The van der Waals surface area contributed by atoms with Gasteiger partial charge in [0.05, 0.1) is 19.9 Å². The van der Waals surface area contributed by atoms with Crippen LogP contribution in [0.25, 0.3) is 0 Å². The SMILES string of the molecule is CC(C)(C)OC(=O)NCC(COCc1cccs1)C(C)(C)CF. The average molecular weight is 345 g/mol. The van der Waals surface area contributed by atoms with Crippen molar-refractivity contribution in [3.8, 4) is 0 Å². The molecule has 1 N–H and O–H groups in total. The standard InChI is InChI=1S/C17H28FNO3S/c1-16(2,3)22-15(20)19-9-13(17(4,5)12-18)10-21-11-14-7-6-8-23-14/h6-8,13H,9-12H2,1-5H3,(H,19,20). The van der Waals surface area contributed by atoms with E-state index in [4.69, 9.17) is 9.47 Å². The molecule has 4 nitrogen and oxygen atoms in total. The van der Waals surface area contributed by atoms with Gasteiger partial charge in [-0.3, -0.25) is 4.39 Å². The molecule has 1 heterocycles. The van der Waals surface area contributed by atoms with Crippen LogP contribution in [0.3, 0.4) is 0 Å². The Morgan fingerprint density at radius 2 is 2.04 bits per heavy atom. The predicted octanol–water partition coefficient (Wildman–Crippen LogP) is 4.40. The molecule has 1 aromatic rings. The minimum atomic E-state index is -0.579. The number of thiophene rings is 1. The summed E-state index contributed by atoms with van der Waals surface area (Å²) in [6.07, 6.45) is -0.490. The molecule has 1 amide bonds. The highest BCUT2D eigenvalue weighted by Crippen LogP contribution is 2.28. The zero-order valence-corrected chi connectivity index (χ0v) is 15.5. The summed E-state index contributed by atoms with van der Waals surface area (Å²) in [5.41, 5.74) is -1.13. The first-order chi connectivity index (χ1) is 10.6. The summed E-state index contributed by atoms with van der Waals surface area (Å²) in [6.45, 7) is 9.81. The molecule has 0 spiro atoms. The van der Waals surface area contributed by atoms with Crippen molar-refractivity contribution in [3.63, 3.8) is 0 Å². The minimum absolute atomic E-state index is 0.139. The van der Waals surface area contributed by atoms with E-state index >= 15 is 0 Å². The number of nitrogens with one attached hydrogen (secondary N) is 1. The first kappa shape index (κ1) is 19.9. The van der Waals surface area contributed by atoms with Gasteiger partial charge in [0.25, 0.3) is 0 Å². The molecule has 0 fully saturated rings. The molecule has 0 saturated heterocycles. The molecular weight excluding hydrogens is 317 g/mol. The minimum Gasteiger partial charge on any atom is -0.444 e. The average Bonchev–Trinajstić information content (AvgIpc) is 2.93. The van der Waals surface area contributed by atoms with Crippen LogP contribution in [0.2, 0.25) is 0 Å². The van der Waals surface area contributed by atoms with Crippen molar-refractivity contribution in [1.82, 2.24) is 5.32 Å². The van der Waals surface area contributed by atoms with Gasteiger partial charge in [-0.15, -0.1) is 11.3 Å². The first-order valence-electron chi connectivity index (χ1n) is 7.77. The van der Waals surface area contributed by atoms with Gasteiger partial charge in [-0.2, -0.15) is 0 Å². The smallest absolute Gasteiger partial charge is 0.407 e. The first-order valence-corrected chi connectivity index (χ1v) is 8.65. The summed E-state index contributed by atoms with van der Waals surface area (Å²) < 4.78 is 24.2. The number of alkyl carbamates (subject to hydrolysis) is 1. The topological polar surface area (TPSA) is 47.6 Å². The van der Waals surface area contributed by atoms with Gasteiger partial charge in [-0.1, -0.05) is 19.9 Å². The van der Waals surface area contributed by atoms with E-state index in [-0.39, 0.29) is 5.92 Å². The molecule has 1 atom stereocenters. The van der Waals surface area contributed by atoms with Crippen molar-refractivity contribution >= 4 is 17.4 Å². The Labute approximate surface area is 142 Å². The van der Waals surface area contributed by atoms with E-state index < -0.39 is 23.8 Å². The summed E-state index contributed by atoms with van der Waals surface area (Å²) in [7, 11) is 0. The van der Waals surface area contributed by atoms with E-state index in [9.17, 15) is 9.18 Å². The van der Waals surface area contributed by atoms with Crippen molar-refractivity contribution in [2.45, 2.75) is 46.8 Å². The zero-order chi connectivity index (χ0) is 17.5. The Morgan fingerprint density at radius 3 is 2.57 bits per heavy atom. The highest BCUT2D eigenvalue weighted by molar-refractivity contribution is 7.09. The lowest BCUT2D eigenvalue weighted by atomic mass is 9.80. The van der Waals surface area contributed by atoms with Gasteiger partial charge >= 0.3 is 6.09 Å². The molecule has 1 rings (SSSR count). The van der Waals surface area contributed by atoms with Crippen LogP contribution in [0.4, 0.5) is 9.18 Å².